The molecule has 1 N–H and O–H groups in total. The SMILES string of the molecule is CC(C)CC(O)Cc1nc(-c2ccccc2Cl)no1. The van der Waals surface area contributed by atoms with E-state index in [1.807, 2.05) is 18.2 Å². The molecule has 1 unspecified atom stereocenters. The highest BCUT2D eigenvalue weighted by molar-refractivity contribution is 6.33. The number of aromatic nitrogens is 2. The van der Waals surface area contributed by atoms with Crippen molar-refractivity contribution in [2.75, 3.05) is 0 Å². The molecule has 0 aliphatic rings. The fourth-order valence-corrected chi connectivity index (χ4v) is 2.14. The van der Waals surface area contributed by atoms with Crippen LogP contribution in [0.2, 0.25) is 5.02 Å². The first-order chi connectivity index (χ1) is 9.06. The second-order valence-electron chi connectivity index (χ2n) is 4.98. The molecule has 0 saturated heterocycles. The van der Waals surface area contributed by atoms with Crippen LogP contribution in [0.3, 0.4) is 0 Å². The van der Waals surface area contributed by atoms with Crippen LogP contribution in [0.15, 0.2) is 28.8 Å². The standard InChI is InChI=1S/C14H17ClN2O2/c1-9(2)7-10(18)8-13-16-14(17-19-13)11-5-3-4-6-12(11)15/h3-6,9-10,18H,7-8H2,1-2H3. The van der Waals surface area contributed by atoms with E-state index in [1.54, 1.807) is 6.07 Å². The van der Waals surface area contributed by atoms with Crippen molar-refractivity contribution in [3.63, 3.8) is 0 Å². The Hall–Kier alpha value is -1.39. The van der Waals surface area contributed by atoms with Gasteiger partial charge in [-0.1, -0.05) is 42.7 Å². The fraction of sp³-hybridized carbons (Fsp3) is 0.429. The van der Waals surface area contributed by atoms with Crippen LogP contribution in [0.1, 0.15) is 26.2 Å². The maximum Gasteiger partial charge on any atom is 0.229 e. The minimum Gasteiger partial charge on any atom is -0.393 e. The van der Waals surface area contributed by atoms with Crippen LogP contribution in [0, 0.1) is 5.92 Å². The molecule has 1 aromatic heterocycles. The number of nitrogens with zero attached hydrogens (tertiary/aromatic N) is 2. The molecule has 2 rings (SSSR count). The molecule has 4 nitrogen and oxygen atoms in total. The van der Waals surface area contributed by atoms with Crippen LogP contribution in [0.5, 0.6) is 0 Å². The average molecular weight is 281 g/mol. The van der Waals surface area contributed by atoms with Crippen molar-refractivity contribution in [1.29, 1.82) is 0 Å². The predicted molar refractivity (Wildman–Crippen MR) is 73.9 cm³/mol. The number of hydrogen-bond acceptors (Lipinski definition) is 4. The topological polar surface area (TPSA) is 59.2 Å². The van der Waals surface area contributed by atoms with Crippen LogP contribution in [-0.4, -0.2) is 21.4 Å². The van der Waals surface area contributed by atoms with E-state index in [4.69, 9.17) is 16.1 Å². The Morgan fingerprint density at radius 2 is 2.05 bits per heavy atom. The van der Waals surface area contributed by atoms with Crippen LogP contribution >= 0.6 is 11.6 Å². The van der Waals surface area contributed by atoms with Gasteiger partial charge in [0, 0.05) is 5.56 Å². The quantitative estimate of drug-likeness (QED) is 0.912. The highest BCUT2D eigenvalue weighted by Gasteiger charge is 2.15. The first kappa shape index (κ1) is 14.0. The summed E-state index contributed by atoms with van der Waals surface area (Å²) in [6, 6.07) is 7.33. The van der Waals surface area contributed by atoms with Gasteiger partial charge < -0.3 is 9.63 Å². The first-order valence-corrected chi connectivity index (χ1v) is 6.69. The lowest BCUT2D eigenvalue weighted by Gasteiger charge is -2.09. The van der Waals surface area contributed by atoms with Gasteiger partial charge in [-0.25, -0.2) is 0 Å². The minimum absolute atomic E-state index is 0.371. The Labute approximate surface area is 117 Å². The van der Waals surface area contributed by atoms with Gasteiger partial charge in [-0.05, 0) is 24.5 Å². The zero-order valence-electron chi connectivity index (χ0n) is 11.0. The Morgan fingerprint density at radius 1 is 1.32 bits per heavy atom. The molecule has 1 aromatic carbocycles. The van der Waals surface area contributed by atoms with Gasteiger partial charge in [0.2, 0.25) is 11.7 Å². The normalized spacial score (nSPS) is 12.9. The molecule has 0 aliphatic carbocycles. The second-order valence-corrected chi connectivity index (χ2v) is 5.39. The van der Waals surface area contributed by atoms with Crippen molar-refractivity contribution in [2.24, 2.45) is 5.92 Å². The molecule has 0 aliphatic heterocycles. The van der Waals surface area contributed by atoms with E-state index < -0.39 is 6.10 Å². The van der Waals surface area contributed by atoms with Gasteiger partial charge >= 0.3 is 0 Å². The summed E-state index contributed by atoms with van der Waals surface area (Å²) in [6.45, 7) is 4.12. The number of aliphatic hydroxyl groups is 1. The lowest BCUT2D eigenvalue weighted by atomic mass is 10.0. The van der Waals surface area contributed by atoms with E-state index in [-0.39, 0.29) is 0 Å². The van der Waals surface area contributed by atoms with E-state index >= 15 is 0 Å². The van der Waals surface area contributed by atoms with Gasteiger partial charge in [0.25, 0.3) is 0 Å². The van der Waals surface area contributed by atoms with E-state index in [9.17, 15) is 5.11 Å². The molecule has 5 heteroatoms. The molecule has 19 heavy (non-hydrogen) atoms. The summed E-state index contributed by atoms with van der Waals surface area (Å²) < 4.78 is 5.15. The van der Waals surface area contributed by atoms with Gasteiger partial charge in [-0.3, -0.25) is 0 Å². The number of rotatable bonds is 5. The Bertz CT molecular complexity index is 540. The first-order valence-electron chi connectivity index (χ1n) is 6.32. The number of halogens is 1. The fourth-order valence-electron chi connectivity index (χ4n) is 1.92. The van der Waals surface area contributed by atoms with Crippen molar-refractivity contribution in [2.45, 2.75) is 32.8 Å². The summed E-state index contributed by atoms with van der Waals surface area (Å²) in [4.78, 5) is 4.27. The molecule has 0 saturated carbocycles. The second kappa shape index (κ2) is 6.17. The van der Waals surface area contributed by atoms with Gasteiger partial charge in [0.15, 0.2) is 0 Å². The highest BCUT2D eigenvalue weighted by atomic mass is 35.5. The van der Waals surface area contributed by atoms with Crippen molar-refractivity contribution >= 4 is 11.6 Å². The molecular formula is C14H17ClN2O2. The van der Waals surface area contributed by atoms with Crippen molar-refractivity contribution in [3.8, 4) is 11.4 Å². The number of hydrogen-bond donors (Lipinski definition) is 1. The maximum atomic E-state index is 9.85. The third kappa shape index (κ3) is 3.78. The minimum atomic E-state index is -0.459. The van der Waals surface area contributed by atoms with Crippen LogP contribution in [0.4, 0.5) is 0 Å². The van der Waals surface area contributed by atoms with Gasteiger partial charge in [0.1, 0.15) is 0 Å². The van der Waals surface area contributed by atoms with E-state index in [0.717, 1.165) is 5.56 Å². The third-order valence-electron chi connectivity index (χ3n) is 2.74. The zero-order valence-corrected chi connectivity index (χ0v) is 11.8. The molecule has 2 aromatic rings. The summed E-state index contributed by atoms with van der Waals surface area (Å²) in [5.74, 6) is 1.32. The molecule has 0 radical (unpaired) electrons. The largest absolute Gasteiger partial charge is 0.393 e. The number of benzene rings is 1. The lowest BCUT2D eigenvalue weighted by Crippen LogP contribution is -2.13. The summed E-state index contributed by atoms with van der Waals surface area (Å²) in [6.07, 6.45) is 0.624. The van der Waals surface area contributed by atoms with Crippen LogP contribution in [-0.2, 0) is 6.42 Å². The van der Waals surface area contributed by atoms with Crippen molar-refractivity contribution < 1.29 is 9.63 Å². The third-order valence-corrected chi connectivity index (χ3v) is 3.07. The molecular weight excluding hydrogens is 264 g/mol. The molecule has 1 atom stereocenters. The Kier molecular flexibility index (Phi) is 4.56. The van der Waals surface area contributed by atoms with Gasteiger partial charge in [-0.15, -0.1) is 0 Å². The highest BCUT2D eigenvalue weighted by Crippen LogP contribution is 2.25. The van der Waals surface area contributed by atoms with E-state index in [1.165, 1.54) is 0 Å². The molecule has 0 amide bonds. The smallest absolute Gasteiger partial charge is 0.229 e. The monoisotopic (exact) mass is 280 g/mol. The summed E-state index contributed by atoms with van der Waals surface area (Å²) in [7, 11) is 0. The summed E-state index contributed by atoms with van der Waals surface area (Å²) in [5, 5.41) is 14.3. The van der Waals surface area contributed by atoms with Crippen LogP contribution in [0.25, 0.3) is 11.4 Å². The molecule has 0 bridgehead atoms. The zero-order chi connectivity index (χ0) is 13.8. The Balaban J connectivity index is 2.09. The molecule has 1 heterocycles. The number of aliphatic hydroxyl groups excluding tert-OH is 1. The maximum absolute atomic E-state index is 9.85. The molecule has 0 spiro atoms. The average Bonchev–Trinajstić information content (AvgIpc) is 2.76. The van der Waals surface area contributed by atoms with Gasteiger partial charge in [0.05, 0.1) is 17.5 Å². The van der Waals surface area contributed by atoms with E-state index in [0.29, 0.717) is 35.5 Å². The summed E-state index contributed by atoms with van der Waals surface area (Å²) in [5.41, 5.74) is 0.734. The molecule has 0 fully saturated rings. The van der Waals surface area contributed by atoms with Gasteiger partial charge in [-0.2, -0.15) is 4.98 Å². The van der Waals surface area contributed by atoms with Crippen molar-refractivity contribution in [1.82, 2.24) is 10.1 Å². The molecule has 102 valence electrons. The summed E-state index contributed by atoms with van der Waals surface area (Å²) >= 11 is 6.07. The van der Waals surface area contributed by atoms with Crippen molar-refractivity contribution in [3.05, 3.63) is 35.2 Å². The lowest BCUT2D eigenvalue weighted by molar-refractivity contribution is 0.138. The Morgan fingerprint density at radius 3 is 2.74 bits per heavy atom. The predicted octanol–water partition coefficient (Wildman–Crippen LogP) is 3.34. The van der Waals surface area contributed by atoms with E-state index in [2.05, 4.69) is 24.0 Å². The van der Waals surface area contributed by atoms with Crippen LogP contribution < -0.4 is 0 Å².